The standard InChI is InChI=1S/C16H25N3/c1-18-10-7-14-11-13(5-6-15(14)18)16(12-17)19-8-3-2-4-9-19/h5-6,11,16H,2-4,7-10,12,17H2,1H3/t16-/m1/s1. The van der Waals surface area contributed by atoms with E-state index in [4.69, 9.17) is 5.73 Å². The monoisotopic (exact) mass is 259 g/mol. The molecule has 0 aromatic heterocycles. The van der Waals surface area contributed by atoms with Gasteiger partial charge in [0.1, 0.15) is 0 Å². The molecule has 1 aromatic rings. The molecule has 0 amide bonds. The highest BCUT2D eigenvalue weighted by atomic mass is 15.2. The first-order chi connectivity index (χ1) is 9.29. The first kappa shape index (κ1) is 12.9. The predicted octanol–water partition coefficient (Wildman–Crippen LogP) is 2.16. The molecule has 0 saturated carbocycles. The minimum atomic E-state index is 0.413. The molecular weight excluding hydrogens is 234 g/mol. The molecule has 1 aromatic carbocycles. The van der Waals surface area contributed by atoms with Crippen LogP contribution in [0.4, 0.5) is 5.69 Å². The molecule has 0 radical (unpaired) electrons. The summed E-state index contributed by atoms with van der Waals surface area (Å²) in [6.07, 6.45) is 5.20. The van der Waals surface area contributed by atoms with Crippen molar-refractivity contribution in [2.24, 2.45) is 5.73 Å². The van der Waals surface area contributed by atoms with Gasteiger partial charge in [0.25, 0.3) is 0 Å². The van der Waals surface area contributed by atoms with Gasteiger partial charge in [-0.3, -0.25) is 4.90 Å². The second-order valence-corrected chi connectivity index (χ2v) is 5.91. The van der Waals surface area contributed by atoms with Crippen molar-refractivity contribution in [1.82, 2.24) is 4.90 Å². The molecule has 1 saturated heterocycles. The van der Waals surface area contributed by atoms with Crippen LogP contribution in [0.3, 0.4) is 0 Å². The van der Waals surface area contributed by atoms with Crippen molar-refractivity contribution < 1.29 is 0 Å². The molecule has 3 heteroatoms. The van der Waals surface area contributed by atoms with Gasteiger partial charge < -0.3 is 10.6 Å². The van der Waals surface area contributed by atoms with Gasteiger partial charge in [-0.15, -0.1) is 0 Å². The van der Waals surface area contributed by atoms with E-state index in [0.29, 0.717) is 6.04 Å². The first-order valence-corrected chi connectivity index (χ1v) is 7.57. The summed E-state index contributed by atoms with van der Waals surface area (Å²) in [6.45, 7) is 4.29. The molecule has 19 heavy (non-hydrogen) atoms. The summed E-state index contributed by atoms with van der Waals surface area (Å²) in [5, 5.41) is 0. The fourth-order valence-corrected chi connectivity index (χ4v) is 3.52. The maximum Gasteiger partial charge on any atom is 0.0470 e. The number of likely N-dealkylation sites (N-methyl/N-ethyl adjacent to an activating group) is 1. The molecule has 0 unspecified atom stereocenters. The number of benzene rings is 1. The third-order valence-electron chi connectivity index (χ3n) is 4.67. The van der Waals surface area contributed by atoms with E-state index in [9.17, 15) is 0 Å². The van der Waals surface area contributed by atoms with Crippen molar-refractivity contribution in [3.05, 3.63) is 29.3 Å². The minimum absolute atomic E-state index is 0.413. The van der Waals surface area contributed by atoms with E-state index >= 15 is 0 Å². The van der Waals surface area contributed by atoms with Gasteiger partial charge >= 0.3 is 0 Å². The van der Waals surface area contributed by atoms with Gasteiger partial charge in [0.05, 0.1) is 0 Å². The van der Waals surface area contributed by atoms with E-state index in [-0.39, 0.29) is 0 Å². The third-order valence-corrected chi connectivity index (χ3v) is 4.67. The number of anilines is 1. The Kier molecular flexibility index (Phi) is 3.76. The molecule has 3 nitrogen and oxygen atoms in total. The van der Waals surface area contributed by atoms with Crippen molar-refractivity contribution in [2.75, 3.05) is 38.1 Å². The van der Waals surface area contributed by atoms with Crippen molar-refractivity contribution in [3.63, 3.8) is 0 Å². The Morgan fingerprint density at radius 1 is 1.16 bits per heavy atom. The fourth-order valence-electron chi connectivity index (χ4n) is 3.52. The number of likely N-dealkylation sites (tertiary alicyclic amines) is 1. The Morgan fingerprint density at radius 3 is 2.68 bits per heavy atom. The van der Waals surface area contributed by atoms with Crippen LogP contribution in [0.2, 0.25) is 0 Å². The highest BCUT2D eigenvalue weighted by Crippen LogP contribution is 2.31. The SMILES string of the molecule is CN1CCc2cc([C@@H](CN)N3CCCCC3)ccc21. The molecule has 2 heterocycles. The van der Waals surface area contributed by atoms with Crippen LogP contribution in [0.15, 0.2) is 18.2 Å². The molecular formula is C16H25N3. The second kappa shape index (κ2) is 5.51. The van der Waals surface area contributed by atoms with Gasteiger partial charge in [0, 0.05) is 31.9 Å². The van der Waals surface area contributed by atoms with Crippen LogP contribution >= 0.6 is 0 Å². The third kappa shape index (κ3) is 2.49. The molecule has 0 spiro atoms. The zero-order valence-electron chi connectivity index (χ0n) is 11.9. The molecule has 0 aliphatic carbocycles. The Labute approximate surface area is 116 Å². The number of hydrogen-bond donors (Lipinski definition) is 1. The molecule has 1 atom stereocenters. The van der Waals surface area contributed by atoms with Crippen LogP contribution in [0, 0.1) is 0 Å². The Hall–Kier alpha value is -1.06. The number of rotatable bonds is 3. The Balaban J connectivity index is 1.83. The van der Waals surface area contributed by atoms with Crippen LogP contribution in [-0.4, -0.2) is 38.1 Å². The average Bonchev–Trinajstić information content (AvgIpc) is 2.82. The van der Waals surface area contributed by atoms with Gasteiger partial charge in [-0.1, -0.05) is 18.6 Å². The van der Waals surface area contributed by atoms with Gasteiger partial charge in [-0.2, -0.15) is 0 Å². The molecule has 104 valence electrons. The summed E-state index contributed by atoms with van der Waals surface area (Å²) < 4.78 is 0. The summed E-state index contributed by atoms with van der Waals surface area (Å²) in [5.74, 6) is 0. The quantitative estimate of drug-likeness (QED) is 0.903. The Morgan fingerprint density at radius 2 is 1.95 bits per heavy atom. The van der Waals surface area contributed by atoms with E-state index < -0.39 is 0 Å². The van der Waals surface area contributed by atoms with E-state index in [1.54, 1.807) is 0 Å². The zero-order chi connectivity index (χ0) is 13.2. The van der Waals surface area contributed by atoms with Crippen LogP contribution in [0.5, 0.6) is 0 Å². The van der Waals surface area contributed by atoms with Crippen molar-refractivity contribution >= 4 is 5.69 Å². The molecule has 2 aliphatic heterocycles. The Bertz CT molecular complexity index is 438. The number of fused-ring (bicyclic) bond motifs is 1. The lowest BCUT2D eigenvalue weighted by Crippen LogP contribution is -2.37. The molecule has 0 bridgehead atoms. The lowest BCUT2D eigenvalue weighted by molar-refractivity contribution is 0.167. The van der Waals surface area contributed by atoms with E-state index in [2.05, 4.69) is 35.0 Å². The molecule has 1 fully saturated rings. The second-order valence-electron chi connectivity index (χ2n) is 5.91. The predicted molar refractivity (Wildman–Crippen MR) is 80.6 cm³/mol. The first-order valence-electron chi connectivity index (χ1n) is 7.57. The van der Waals surface area contributed by atoms with Crippen molar-refractivity contribution in [3.8, 4) is 0 Å². The number of piperidine rings is 1. The highest BCUT2D eigenvalue weighted by molar-refractivity contribution is 5.58. The smallest absolute Gasteiger partial charge is 0.0470 e. The summed E-state index contributed by atoms with van der Waals surface area (Å²) in [6, 6.07) is 7.37. The molecule has 3 rings (SSSR count). The maximum atomic E-state index is 6.06. The van der Waals surface area contributed by atoms with E-state index in [1.807, 2.05) is 0 Å². The number of hydrogen-bond acceptors (Lipinski definition) is 3. The summed E-state index contributed by atoms with van der Waals surface area (Å²) in [4.78, 5) is 4.92. The van der Waals surface area contributed by atoms with Crippen LogP contribution < -0.4 is 10.6 Å². The lowest BCUT2D eigenvalue weighted by atomic mass is 9.99. The van der Waals surface area contributed by atoms with Crippen molar-refractivity contribution in [1.29, 1.82) is 0 Å². The van der Waals surface area contributed by atoms with Crippen molar-refractivity contribution in [2.45, 2.75) is 31.7 Å². The van der Waals surface area contributed by atoms with E-state index in [0.717, 1.165) is 13.1 Å². The van der Waals surface area contributed by atoms with Crippen LogP contribution in [0.1, 0.15) is 36.4 Å². The summed E-state index contributed by atoms with van der Waals surface area (Å²) in [7, 11) is 2.18. The normalized spacial score (nSPS) is 21.5. The molecule has 2 N–H and O–H groups in total. The van der Waals surface area contributed by atoms with Gasteiger partial charge in [0.2, 0.25) is 0 Å². The van der Waals surface area contributed by atoms with Gasteiger partial charge in [-0.25, -0.2) is 0 Å². The van der Waals surface area contributed by atoms with E-state index in [1.165, 1.54) is 55.6 Å². The average molecular weight is 259 g/mol. The van der Waals surface area contributed by atoms with Crippen LogP contribution in [0.25, 0.3) is 0 Å². The van der Waals surface area contributed by atoms with Gasteiger partial charge in [-0.05, 0) is 49.5 Å². The maximum absolute atomic E-state index is 6.06. The minimum Gasteiger partial charge on any atom is -0.374 e. The fraction of sp³-hybridized carbons (Fsp3) is 0.625. The summed E-state index contributed by atoms with van der Waals surface area (Å²) >= 11 is 0. The zero-order valence-corrected chi connectivity index (χ0v) is 11.9. The summed E-state index contributed by atoms with van der Waals surface area (Å²) in [5.41, 5.74) is 10.4. The topological polar surface area (TPSA) is 32.5 Å². The molecule has 2 aliphatic rings. The van der Waals surface area contributed by atoms with Crippen LogP contribution in [-0.2, 0) is 6.42 Å². The highest BCUT2D eigenvalue weighted by Gasteiger charge is 2.23. The number of nitrogens with two attached hydrogens (primary N) is 1. The van der Waals surface area contributed by atoms with Gasteiger partial charge in [0.15, 0.2) is 0 Å². The number of nitrogens with zero attached hydrogens (tertiary/aromatic N) is 2. The largest absolute Gasteiger partial charge is 0.374 e. The lowest BCUT2D eigenvalue weighted by Gasteiger charge is -2.34.